The molecule has 3 aromatic rings. The van der Waals surface area contributed by atoms with Crippen LogP contribution in [0.3, 0.4) is 0 Å². The number of hydrogen-bond donors (Lipinski definition) is 0. The van der Waals surface area contributed by atoms with Crippen LogP contribution in [0.2, 0.25) is 5.02 Å². The average Bonchev–Trinajstić information content (AvgIpc) is 2.54. The van der Waals surface area contributed by atoms with E-state index in [1.165, 1.54) is 5.56 Å². The van der Waals surface area contributed by atoms with Gasteiger partial charge in [0.1, 0.15) is 11.6 Å². The Morgan fingerprint density at radius 2 is 2.09 bits per heavy atom. The second-order valence-electron chi connectivity index (χ2n) is 5.69. The monoisotopic (exact) mass is 388 g/mol. The van der Waals surface area contributed by atoms with Crippen molar-refractivity contribution in [3.05, 3.63) is 57.0 Å². The first-order valence-electron chi connectivity index (χ1n) is 7.42. The number of aromatic nitrogens is 3. The quantitative estimate of drug-likeness (QED) is 0.622. The number of rotatable bonds is 1. The van der Waals surface area contributed by atoms with E-state index in [1.807, 2.05) is 31.3 Å². The summed E-state index contributed by atoms with van der Waals surface area (Å²) in [6.45, 7) is 3.60. The van der Waals surface area contributed by atoms with Crippen LogP contribution in [0.25, 0.3) is 10.9 Å². The number of anilines is 1. The molecule has 0 bridgehead atoms. The summed E-state index contributed by atoms with van der Waals surface area (Å²) in [7, 11) is 0. The zero-order valence-electron chi connectivity index (χ0n) is 12.6. The molecule has 0 aliphatic carbocycles. The maximum absolute atomic E-state index is 6.18. The normalized spacial score (nSPS) is 14.1. The summed E-state index contributed by atoms with van der Waals surface area (Å²) in [6, 6.07) is 7.90. The van der Waals surface area contributed by atoms with Gasteiger partial charge in [-0.2, -0.15) is 0 Å². The fourth-order valence-electron chi connectivity index (χ4n) is 3.02. The van der Waals surface area contributed by atoms with Gasteiger partial charge >= 0.3 is 0 Å². The molecule has 3 heterocycles. The van der Waals surface area contributed by atoms with Crippen LogP contribution < -0.4 is 4.90 Å². The summed E-state index contributed by atoms with van der Waals surface area (Å²) < 4.78 is 1.00. The van der Waals surface area contributed by atoms with Gasteiger partial charge in [0, 0.05) is 46.3 Å². The van der Waals surface area contributed by atoms with E-state index in [1.54, 1.807) is 0 Å². The van der Waals surface area contributed by atoms with Gasteiger partial charge in [-0.1, -0.05) is 11.6 Å². The first-order valence-corrected chi connectivity index (χ1v) is 8.59. The van der Waals surface area contributed by atoms with E-state index in [9.17, 15) is 0 Å². The third kappa shape index (κ3) is 2.79. The Balaban J connectivity index is 1.82. The molecular formula is C17H14BrClN4. The third-order valence-corrected chi connectivity index (χ3v) is 4.72. The van der Waals surface area contributed by atoms with Crippen molar-refractivity contribution in [3.63, 3.8) is 0 Å². The molecule has 116 valence electrons. The molecule has 0 spiro atoms. The summed E-state index contributed by atoms with van der Waals surface area (Å²) in [5, 5.41) is 1.70. The van der Waals surface area contributed by atoms with Gasteiger partial charge in [0.2, 0.25) is 0 Å². The van der Waals surface area contributed by atoms with Gasteiger partial charge < -0.3 is 4.90 Å². The largest absolute Gasteiger partial charge is 0.351 e. The molecule has 6 heteroatoms. The minimum absolute atomic E-state index is 0.702. The lowest BCUT2D eigenvalue weighted by Gasteiger charge is -2.30. The summed E-state index contributed by atoms with van der Waals surface area (Å²) >= 11 is 9.68. The molecule has 1 aliphatic heterocycles. The summed E-state index contributed by atoms with van der Waals surface area (Å²) in [5.74, 6) is 1.72. The Morgan fingerprint density at radius 3 is 2.96 bits per heavy atom. The molecule has 2 aromatic heterocycles. The van der Waals surface area contributed by atoms with Crippen LogP contribution in [0.4, 0.5) is 5.82 Å². The van der Waals surface area contributed by atoms with Gasteiger partial charge in [-0.25, -0.2) is 9.97 Å². The molecular weight excluding hydrogens is 376 g/mol. The van der Waals surface area contributed by atoms with Crippen molar-refractivity contribution in [3.8, 4) is 0 Å². The SMILES string of the molecule is Cc1nc(N2CCc3ncc(Br)cc3C2)c2cc(Cl)ccc2n1. The van der Waals surface area contributed by atoms with Crippen LogP contribution in [0.5, 0.6) is 0 Å². The second kappa shape index (κ2) is 5.73. The van der Waals surface area contributed by atoms with Crippen molar-refractivity contribution in [1.29, 1.82) is 0 Å². The molecule has 4 rings (SSSR count). The number of benzene rings is 1. The molecule has 4 nitrogen and oxygen atoms in total. The fourth-order valence-corrected chi connectivity index (χ4v) is 3.57. The first kappa shape index (κ1) is 14.8. The molecule has 0 amide bonds. The fraction of sp³-hybridized carbons (Fsp3) is 0.235. The van der Waals surface area contributed by atoms with Gasteiger partial charge in [0.05, 0.1) is 5.52 Å². The lowest BCUT2D eigenvalue weighted by Crippen LogP contribution is -2.32. The minimum atomic E-state index is 0.702. The van der Waals surface area contributed by atoms with Crippen LogP contribution in [-0.2, 0) is 13.0 Å². The van der Waals surface area contributed by atoms with Crippen LogP contribution in [0, 0.1) is 6.92 Å². The average molecular weight is 390 g/mol. The zero-order chi connectivity index (χ0) is 16.0. The van der Waals surface area contributed by atoms with E-state index in [4.69, 9.17) is 11.6 Å². The number of halogens is 2. The number of fused-ring (bicyclic) bond motifs is 2. The summed E-state index contributed by atoms with van der Waals surface area (Å²) in [5.41, 5.74) is 3.32. The molecule has 1 aromatic carbocycles. The van der Waals surface area contributed by atoms with Crippen molar-refractivity contribution < 1.29 is 0 Å². The highest BCUT2D eigenvalue weighted by Crippen LogP contribution is 2.30. The molecule has 23 heavy (non-hydrogen) atoms. The Bertz CT molecular complexity index is 912. The number of nitrogens with zero attached hydrogens (tertiary/aromatic N) is 4. The molecule has 0 fully saturated rings. The molecule has 0 saturated carbocycles. The standard InChI is InChI=1S/C17H14BrClN4/c1-10-21-16-3-2-13(19)7-14(16)17(22-10)23-5-4-15-11(9-23)6-12(18)8-20-15/h2-3,6-8H,4-5,9H2,1H3. The van der Waals surface area contributed by atoms with E-state index in [2.05, 4.69) is 41.8 Å². The van der Waals surface area contributed by atoms with Gasteiger partial charge in [0.15, 0.2) is 0 Å². The van der Waals surface area contributed by atoms with Crippen molar-refractivity contribution >= 4 is 44.3 Å². The zero-order valence-corrected chi connectivity index (χ0v) is 14.9. The lowest BCUT2D eigenvalue weighted by molar-refractivity contribution is 0.702. The van der Waals surface area contributed by atoms with Gasteiger partial charge in [-0.15, -0.1) is 0 Å². The Hall–Kier alpha value is -1.72. The van der Waals surface area contributed by atoms with E-state index in [0.717, 1.165) is 52.2 Å². The van der Waals surface area contributed by atoms with Crippen LogP contribution in [-0.4, -0.2) is 21.5 Å². The molecule has 0 N–H and O–H groups in total. The molecule has 0 unspecified atom stereocenters. The highest BCUT2D eigenvalue weighted by Gasteiger charge is 2.21. The highest BCUT2D eigenvalue weighted by molar-refractivity contribution is 9.10. The van der Waals surface area contributed by atoms with Gasteiger partial charge in [-0.05, 0) is 52.7 Å². The minimum Gasteiger partial charge on any atom is -0.351 e. The second-order valence-corrected chi connectivity index (χ2v) is 7.04. The molecule has 1 aliphatic rings. The summed E-state index contributed by atoms with van der Waals surface area (Å²) in [4.78, 5) is 16.0. The van der Waals surface area contributed by atoms with Crippen molar-refractivity contribution in [1.82, 2.24) is 15.0 Å². The van der Waals surface area contributed by atoms with Crippen molar-refractivity contribution in [2.24, 2.45) is 0 Å². The van der Waals surface area contributed by atoms with E-state index in [0.29, 0.717) is 5.02 Å². The smallest absolute Gasteiger partial charge is 0.140 e. The third-order valence-electron chi connectivity index (χ3n) is 4.06. The van der Waals surface area contributed by atoms with E-state index < -0.39 is 0 Å². The number of pyridine rings is 1. The Labute approximate surface area is 147 Å². The predicted octanol–water partition coefficient (Wildman–Crippen LogP) is 4.31. The Morgan fingerprint density at radius 1 is 1.22 bits per heavy atom. The van der Waals surface area contributed by atoms with Crippen LogP contribution in [0.1, 0.15) is 17.1 Å². The van der Waals surface area contributed by atoms with E-state index >= 15 is 0 Å². The Kier molecular flexibility index (Phi) is 3.70. The predicted molar refractivity (Wildman–Crippen MR) is 96.0 cm³/mol. The van der Waals surface area contributed by atoms with E-state index in [-0.39, 0.29) is 0 Å². The number of aryl methyl sites for hydroxylation is 1. The maximum atomic E-state index is 6.18. The molecule has 0 radical (unpaired) electrons. The molecule has 0 atom stereocenters. The van der Waals surface area contributed by atoms with Crippen LogP contribution in [0.15, 0.2) is 34.9 Å². The van der Waals surface area contributed by atoms with Gasteiger partial charge in [-0.3, -0.25) is 4.98 Å². The summed E-state index contributed by atoms with van der Waals surface area (Å²) in [6.07, 6.45) is 2.77. The lowest BCUT2D eigenvalue weighted by atomic mass is 10.1. The topological polar surface area (TPSA) is 41.9 Å². The molecule has 0 saturated heterocycles. The van der Waals surface area contributed by atoms with Gasteiger partial charge in [0.25, 0.3) is 0 Å². The maximum Gasteiger partial charge on any atom is 0.140 e. The van der Waals surface area contributed by atoms with Crippen LogP contribution >= 0.6 is 27.5 Å². The highest BCUT2D eigenvalue weighted by atomic mass is 79.9. The van der Waals surface area contributed by atoms with Crippen molar-refractivity contribution in [2.75, 3.05) is 11.4 Å². The number of hydrogen-bond acceptors (Lipinski definition) is 4. The van der Waals surface area contributed by atoms with Crippen molar-refractivity contribution in [2.45, 2.75) is 19.9 Å². The first-order chi connectivity index (χ1) is 11.1.